The summed E-state index contributed by atoms with van der Waals surface area (Å²) in [5, 5.41) is 2.96. The minimum Gasteiger partial charge on any atom is -0.352 e. The van der Waals surface area contributed by atoms with Crippen LogP contribution in [0.25, 0.3) is 0 Å². The minimum absolute atomic E-state index is 0.0503. The Morgan fingerprint density at radius 1 is 1.33 bits per heavy atom. The number of piperazine rings is 1. The summed E-state index contributed by atoms with van der Waals surface area (Å²) in [6, 6.07) is 3.32. The summed E-state index contributed by atoms with van der Waals surface area (Å²) in [5.74, 6) is -1.35. The first-order valence-electron chi connectivity index (χ1n) is 7.66. The van der Waals surface area contributed by atoms with Gasteiger partial charge in [-0.05, 0) is 24.6 Å². The Labute approximate surface area is 143 Å². The summed E-state index contributed by atoms with van der Waals surface area (Å²) in [7, 11) is 0. The van der Waals surface area contributed by atoms with E-state index in [0.29, 0.717) is 19.5 Å². The lowest BCUT2D eigenvalue weighted by atomic mass is 10.1. The van der Waals surface area contributed by atoms with Crippen LogP contribution in [-0.4, -0.2) is 59.2 Å². The molecule has 0 spiro atoms. The molecule has 2 fully saturated rings. The molecule has 6 nitrogen and oxygen atoms in total. The van der Waals surface area contributed by atoms with Crippen LogP contribution in [0.3, 0.4) is 0 Å². The van der Waals surface area contributed by atoms with E-state index in [2.05, 4.69) is 5.32 Å². The van der Waals surface area contributed by atoms with E-state index in [1.165, 1.54) is 24.0 Å². The lowest BCUT2D eigenvalue weighted by Crippen LogP contribution is -2.55. The SMILES string of the molecule is CC(=O)NC1CC2CN(C(=O)c3cc(F)ccc3Cl)CC(=O)N2C1. The van der Waals surface area contributed by atoms with Gasteiger partial charge in [0.25, 0.3) is 5.91 Å². The fraction of sp³-hybridized carbons (Fsp3) is 0.438. The van der Waals surface area contributed by atoms with E-state index in [1.54, 1.807) is 4.90 Å². The smallest absolute Gasteiger partial charge is 0.256 e. The standard InChI is InChI=1S/C16H17ClFN3O3/c1-9(22)19-11-5-12-7-20(8-15(23)21(12)6-11)16(24)13-4-10(18)2-3-14(13)17/h2-4,11-12H,5-8H2,1H3,(H,19,22). The Morgan fingerprint density at radius 3 is 2.79 bits per heavy atom. The highest BCUT2D eigenvalue weighted by Crippen LogP contribution is 2.26. The van der Waals surface area contributed by atoms with Crippen molar-refractivity contribution < 1.29 is 18.8 Å². The summed E-state index contributed by atoms with van der Waals surface area (Å²) in [5.41, 5.74) is 0.0503. The van der Waals surface area contributed by atoms with Crippen molar-refractivity contribution in [3.8, 4) is 0 Å². The second kappa shape index (κ2) is 6.39. The molecule has 2 atom stereocenters. The van der Waals surface area contributed by atoms with Crippen molar-refractivity contribution in [3.05, 3.63) is 34.6 Å². The van der Waals surface area contributed by atoms with Crippen LogP contribution in [0.1, 0.15) is 23.7 Å². The van der Waals surface area contributed by atoms with E-state index in [0.717, 1.165) is 6.07 Å². The van der Waals surface area contributed by atoms with Gasteiger partial charge < -0.3 is 15.1 Å². The number of nitrogens with one attached hydrogen (secondary N) is 1. The predicted molar refractivity (Wildman–Crippen MR) is 85.0 cm³/mol. The van der Waals surface area contributed by atoms with Crippen molar-refractivity contribution in [3.63, 3.8) is 0 Å². The number of halogens is 2. The van der Waals surface area contributed by atoms with Gasteiger partial charge in [0.1, 0.15) is 12.4 Å². The third kappa shape index (κ3) is 3.21. The monoisotopic (exact) mass is 353 g/mol. The van der Waals surface area contributed by atoms with Gasteiger partial charge in [0.05, 0.1) is 16.6 Å². The van der Waals surface area contributed by atoms with E-state index < -0.39 is 11.7 Å². The van der Waals surface area contributed by atoms with Gasteiger partial charge in [0, 0.05) is 26.1 Å². The number of hydrogen-bond acceptors (Lipinski definition) is 3. The first kappa shape index (κ1) is 16.7. The van der Waals surface area contributed by atoms with Crippen molar-refractivity contribution in [2.45, 2.75) is 25.4 Å². The molecule has 3 amide bonds. The molecule has 2 heterocycles. The zero-order valence-electron chi connectivity index (χ0n) is 13.1. The molecule has 2 aliphatic heterocycles. The third-order valence-corrected chi connectivity index (χ3v) is 4.68. The molecule has 0 saturated carbocycles. The van der Waals surface area contributed by atoms with E-state index in [1.807, 2.05) is 0 Å². The Morgan fingerprint density at radius 2 is 2.08 bits per heavy atom. The van der Waals surface area contributed by atoms with Crippen LogP contribution in [0.5, 0.6) is 0 Å². The molecular formula is C16H17ClFN3O3. The lowest BCUT2D eigenvalue weighted by Gasteiger charge is -2.37. The fourth-order valence-corrected chi connectivity index (χ4v) is 3.55. The minimum atomic E-state index is -0.556. The summed E-state index contributed by atoms with van der Waals surface area (Å²) < 4.78 is 13.4. The highest BCUT2D eigenvalue weighted by atomic mass is 35.5. The molecule has 8 heteroatoms. The lowest BCUT2D eigenvalue weighted by molar-refractivity contribution is -0.136. The summed E-state index contributed by atoms with van der Waals surface area (Å²) in [4.78, 5) is 39.2. The largest absolute Gasteiger partial charge is 0.352 e. The average Bonchev–Trinajstić information content (AvgIpc) is 2.91. The Bertz CT molecular complexity index is 712. The number of benzene rings is 1. The van der Waals surface area contributed by atoms with Gasteiger partial charge in [0.2, 0.25) is 11.8 Å². The van der Waals surface area contributed by atoms with Crippen LogP contribution in [0.15, 0.2) is 18.2 Å². The zero-order chi connectivity index (χ0) is 17.4. The molecule has 0 bridgehead atoms. The Kier molecular flexibility index (Phi) is 4.45. The second-order valence-electron chi connectivity index (χ2n) is 6.14. The highest BCUT2D eigenvalue weighted by molar-refractivity contribution is 6.33. The molecule has 1 N–H and O–H groups in total. The molecule has 24 heavy (non-hydrogen) atoms. The molecule has 0 radical (unpaired) electrons. The average molecular weight is 354 g/mol. The van der Waals surface area contributed by atoms with Crippen molar-refractivity contribution in [1.82, 2.24) is 15.1 Å². The van der Waals surface area contributed by atoms with Crippen LogP contribution in [0, 0.1) is 5.82 Å². The maximum absolute atomic E-state index is 13.4. The van der Waals surface area contributed by atoms with Crippen molar-refractivity contribution in [2.75, 3.05) is 19.6 Å². The topological polar surface area (TPSA) is 69.7 Å². The van der Waals surface area contributed by atoms with Crippen molar-refractivity contribution in [1.29, 1.82) is 0 Å². The number of hydrogen-bond donors (Lipinski definition) is 1. The summed E-state index contributed by atoms with van der Waals surface area (Å²) in [6.07, 6.45) is 0.589. The number of fused-ring (bicyclic) bond motifs is 1. The summed E-state index contributed by atoms with van der Waals surface area (Å²) in [6.45, 7) is 2.15. The van der Waals surface area contributed by atoms with Crippen LogP contribution < -0.4 is 5.32 Å². The second-order valence-corrected chi connectivity index (χ2v) is 6.55. The van der Waals surface area contributed by atoms with Gasteiger partial charge in [-0.15, -0.1) is 0 Å². The van der Waals surface area contributed by atoms with Crippen molar-refractivity contribution in [2.24, 2.45) is 0 Å². The van der Waals surface area contributed by atoms with Gasteiger partial charge in [0.15, 0.2) is 0 Å². The molecule has 2 unspecified atom stereocenters. The third-order valence-electron chi connectivity index (χ3n) is 4.35. The molecule has 2 saturated heterocycles. The zero-order valence-corrected chi connectivity index (χ0v) is 13.8. The molecule has 0 aliphatic carbocycles. The molecule has 2 aliphatic rings. The molecule has 0 aromatic heterocycles. The number of carbonyl (C=O) groups is 3. The van der Waals surface area contributed by atoms with E-state index in [-0.39, 0.29) is 41.0 Å². The molecular weight excluding hydrogens is 337 g/mol. The normalized spacial score (nSPS) is 23.2. The van der Waals surface area contributed by atoms with Gasteiger partial charge in [-0.3, -0.25) is 14.4 Å². The van der Waals surface area contributed by atoms with Crippen LogP contribution in [0.4, 0.5) is 4.39 Å². The molecule has 1 aromatic rings. The van der Waals surface area contributed by atoms with Crippen LogP contribution in [-0.2, 0) is 9.59 Å². The van der Waals surface area contributed by atoms with Crippen molar-refractivity contribution >= 4 is 29.3 Å². The Balaban J connectivity index is 1.75. The maximum Gasteiger partial charge on any atom is 0.256 e. The van der Waals surface area contributed by atoms with Crippen LogP contribution in [0.2, 0.25) is 5.02 Å². The quantitative estimate of drug-likeness (QED) is 0.863. The molecule has 1 aromatic carbocycles. The number of carbonyl (C=O) groups excluding carboxylic acids is 3. The molecule has 128 valence electrons. The summed E-state index contributed by atoms with van der Waals surface area (Å²) >= 11 is 5.98. The van der Waals surface area contributed by atoms with Gasteiger partial charge in [-0.1, -0.05) is 11.6 Å². The number of nitrogens with zero attached hydrogens (tertiary/aromatic N) is 2. The van der Waals surface area contributed by atoms with Gasteiger partial charge in [-0.2, -0.15) is 0 Å². The Hall–Kier alpha value is -2.15. The van der Waals surface area contributed by atoms with E-state index in [9.17, 15) is 18.8 Å². The maximum atomic E-state index is 13.4. The number of amides is 3. The van der Waals surface area contributed by atoms with E-state index >= 15 is 0 Å². The van der Waals surface area contributed by atoms with Crippen LogP contribution >= 0.6 is 11.6 Å². The fourth-order valence-electron chi connectivity index (χ4n) is 3.35. The van der Waals surface area contributed by atoms with Gasteiger partial charge in [-0.25, -0.2) is 4.39 Å². The first-order valence-corrected chi connectivity index (χ1v) is 8.04. The predicted octanol–water partition coefficient (Wildman–Crippen LogP) is 1.04. The highest BCUT2D eigenvalue weighted by Gasteiger charge is 2.42. The first-order chi connectivity index (χ1) is 11.3. The van der Waals surface area contributed by atoms with Gasteiger partial charge >= 0.3 is 0 Å². The van der Waals surface area contributed by atoms with E-state index in [4.69, 9.17) is 11.6 Å². The number of rotatable bonds is 2. The molecule has 3 rings (SSSR count).